The fourth-order valence-electron chi connectivity index (χ4n) is 3.26. The van der Waals surface area contributed by atoms with Crippen LogP contribution in [-0.2, 0) is 33.8 Å². The Labute approximate surface area is 171 Å². The number of benzene rings is 3. The first-order valence-electron chi connectivity index (χ1n) is 9.74. The van der Waals surface area contributed by atoms with Crippen LogP contribution in [0.15, 0.2) is 72.8 Å². The van der Waals surface area contributed by atoms with Crippen LogP contribution in [0.25, 0.3) is 11.1 Å². The van der Waals surface area contributed by atoms with E-state index in [9.17, 15) is 9.59 Å². The summed E-state index contributed by atoms with van der Waals surface area (Å²) in [5.74, 6) is -0.322. The molecule has 3 rings (SSSR count). The maximum atomic E-state index is 12.4. The highest BCUT2D eigenvalue weighted by atomic mass is 16.5. The van der Waals surface area contributed by atoms with Gasteiger partial charge >= 0.3 is 5.97 Å². The fourth-order valence-corrected chi connectivity index (χ4v) is 3.26. The van der Waals surface area contributed by atoms with Crippen LogP contribution in [0.4, 0.5) is 5.69 Å². The van der Waals surface area contributed by atoms with Crippen LogP contribution in [0, 0.1) is 0 Å². The van der Waals surface area contributed by atoms with E-state index in [2.05, 4.69) is 24.4 Å². The van der Waals surface area contributed by atoms with E-state index in [0.717, 1.165) is 34.4 Å². The number of ether oxygens (including phenoxy) is 1. The molecule has 0 heterocycles. The van der Waals surface area contributed by atoms with Crippen molar-refractivity contribution in [3.05, 3.63) is 89.5 Å². The molecule has 0 aliphatic rings. The first-order chi connectivity index (χ1) is 14.0. The van der Waals surface area contributed by atoms with E-state index in [4.69, 9.17) is 4.74 Å². The average molecular weight is 387 g/mol. The van der Waals surface area contributed by atoms with Gasteiger partial charge in [-0.15, -0.1) is 0 Å². The van der Waals surface area contributed by atoms with Crippen LogP contribution in [0.1, 0.15) is 30.5 Å². The lowest BCUT2D eigenvalue weighted by molar-refractivity contribution is -0.142. The van der Waals surface area contributed by atoms with Crippen molar-refractivity contribution < 1.29 is 14.3 Å². The third kappa shape index (κ3) is 5.79. The molecule has 0 unspecified atom stereocenters. The quantitative estimate of drug-likeness (QED) is 0.570. The molecule has 0 radical (unpaired) electrons. The number of para-hydroxylation sites is 1. The van der Waals surface area contributed by atoms with Crippen molar-refractivity contribution in [2.45, 2.75) is 33.3 Å². The van der Waals surface area contributed by atoms with E-state index in [1.54, 1.807) is 0 Å². The molecule has 0 fully saturated rings. The predicted octanol–water partition coefficient (Wildman–Crippen LogP) is 5.16. The van der Waals surface area contributed by atoms with Crippen LogP contribution in [0.2, 0.25) is 0 Å². The van der Waals surface area contributed by atoms with E-state index >= 15 is 0 Å². The number of nitrogens with one attached hydrogen (secondary N) is 1. The normalized spacial score (nSPS) is 10.4. The average Bonchev–Trinajstić information content (AvgIpc) is 2.73. The van der Waals surface area contributed by atoms with Gasteiger partial charge in [0.2, 0.25) is 5.91 Å². The van der Waals surface area contributed by atoms with Crippen LogP contribution in [-0.4, -0.2) is 11.9 Å². The van der Waals surface area contributed by atoms with Crippen LogP contribution < -0.4 is 5.32 Å². The molecule has 0 saturated heterocycles. The van der Waals surface area contributed by atoms with Gasteiger partial charge in [-0.3, -0.25) is 9.59 Å². The van der Waals surface area contributed by atoms with Gasteiger partial charge in [-0.1, -0.05) is 61.5 Å². The Bertz CT molecular complexity index is 996. The van der Waals surface area contributed by atoms with Crippen molar-refractivity contribution in [2.75, 3.05) is 5.32 Å². The molecule has 0 aliphatic carbocycles. The number of hydrogen-bond acceptors (Lipinski definition) is 3. The maximum absolute atomic E-state index is 12.4. The molecule has 29 heavy (non-hydrogen) atoms. The smallest absolute Gasteiger partial charge is 0.302 e. The molecular formula is C25H25NO3. The maximum Gasteiger partial charge on any atom is 0.302 e. The molecular weight excluding hydrogens is 362 g/mol. The Kier molecular flexibility index (Phi) is 6.80. The number of carbonyl (C=O) groups excluding carboxylic acids is 2. The van der Waals surface area contributed by atoms with Crippen molar-refractivity contribution in [1.82, 2.24) is 0 Å². The summed E-state index contributed by atoms with van der Waals surface area (Å²) in [5.41, 5.74) is 6.12. The molecule has 0 spiro atoms. The molecule has 3 aromatic rings. The Hall–Kier alpha value is -3.40. The summed E-state index contributed by atoms with van der Waals surface area (Å²) < 4.78 is 5.10. The molecule has 4 heteroatoms. The predicted molar refractivity (Wildman–Crippen MR) is 116 cm³/mol. The summed E-state index contributed by atoms with van der Waals surface area (Å²) in [4.78, 5) is 23.4. The summed E-state index contributed by atoms with van der Waals surface area (Å²) in [6, 6.07) is 23.6. The van der Waals surface area contributed by atoms with Crippen molar-refractivity contribution in [1.29, 1.82) is 0 Å². The Morgan fingerprint density at radius 2 is 1.69 bits per heavy atom. The van der Waals surface area contributed by atoms with Crippen molar-refractivity contribution in [3.8, 4) is 11.1 Å². The number of hydrogen-bond donors (Lipinski definition) is 1. The monoisotopic (exact) mass is 387 g/mol. The molecule has 4 nitrogen and oxygen atoms in total. The summed E-state index contributed by atoms with van der Waals surface area (Å²) in [6.45, 7) is 3.78. The molecule has 148 valence electrons. The van der Waals surface area contributed by atoms with Gasteiger partial charge in [0.1, 0.15) is 6.61 Å². The SMILES string of the molecule is CCc1cc(CC(=O)Nc2ccccc2)ccc1-c1cccc(COC(C)=O)c1. The number of aryl methyl sites for hydroxylation is 1. The standard InChI is InChI=1S/C25H25NO3/c1-3-21-14-19(16-25(28)26-23-10-5-4-6-11-23)12-13-24(21)22-9-7-8-20(15-22)17-29-18(2)27/h4-15H,3,16-17H2,1-2H3,(H,26,28). The summed E-state index contributed by atoms with van der Waals surface area (Å²) in [7, 11) is 0. The van der Waals surface area contributed by atoms with Gasteiger partial charge < -0.3 is 10.1 Å². The lowest BCUT2D eigenvalue weighted by atomic mass is 9.94. The Morgan fingerprint density at radius 3 is 2.41 bits per heavy atom. The molecule has 0 atom stereocenters. The molecule has 0 bridgehead atoms. The zero-order valence-electron chi connectivity index (χ0n) is 16.8. The van der Waals surface area contributed by atoms with Gasteiger partial charge in [0.05, 0.1) is 6.42 Å². The topological polar surface area (TPSA) is 55.4 Å². The number of esters is 1. The second kappa shape index (κ2) is 9.69. The van der Waals surface area contributed by atoms with Gasteiger partial charge in [-0.2, -0.15) is 0 Å². The molecule has 3 aromatic carbocycles. The van der Waals surface area contributed by atoms with Gasteiger partial charge in [0, 0.05) is 12.6 Å². The third-order valence-electron chi connectivity index (χ3n) is 4.65. The minimum atomic E-state index is -0.289. The number of rotatable bonds is 7. The number of carbonyl (C=O) groups is 2. The van der Waals surface area contributed by atoms with E-state index in [1.165, 1.54) is 12.5 Å². The zero-order chi connectivity index (χ0) is 20.6. The highest BCUT2D eigenvalue weighted by molar-refractivity contribution is 5.92. The molecule has 0 saturated carbocycles. The van der Waals surface area contributed by atoms with Gasteiger partial charge in [-0.05, 0) is 52.4 Å². The van der Waals surface area contributed by atoms with E-state index in [-0.39, 0.29) is 18.5 Å². The van der Waals surface area contributed by atoms with E-state index in [1.807, 2.05) is 60.7 Å². The van der Waals surface area contributed by atoms with Crippen molar-refractivity contribution in [3.63, 3.8) is 0 Å². The van der Waals surface area contributed by atoms with Gasteiger partial charge in [-0.25, -0.2) is 0 Å². The van der Waals surface area contributed by atoms with E-state index in [0.29, 0.717) is 6.42 Å². The minimum absolute atomic E-state index is 0.0330. The number of amides is 1. The highest BCUT2D eigenvalue weighted by Crippen LogP contribution is 2.27. The first kappa shape index (κ1) is 20.3. The van der Waals surface area contributed by atoms with Crippen LogP contribution in [0.5, 0.6) is 0 Å². The summed E-state index contributed by atoms with van der Waals surface area (Å²) >= 11 is 0. The lowest BCUT2D eigenvalue weighted by Gasteiger charge is -2.12. The first-order valence-corrected chi connectivity index (χ1v) is 9.74. The second-order valence-corrected chi connectivity index (χ2v) is 6.92. The Morgan fingerprint density at radius 1 is 0.897 bits per heavy atom. The summed E-state index contributed by atoms with van der Waals surface area (Å²) in [5, 5.41) is 2.92. The molecule has 0 aromatic heterocycles. The van der Waals surface area contributed by atoms with Gasteiger partial charge in [0.15, 0.2) is 0 Å². The molecule has 0 aliphatic heterocycles. The lowest BCUT2D eigenvalue weighted by Crippen LogP contribution is -2.14. The summed E-state index contributed by atoms with van der Waals surface area (Å²) in [6.07, 6.45) is 1.19. The van der Waals surface area contributed by atoms with Crippen LogP contribution >= 0.6 is 0 Å². The Balaban J connectivity index is 1.76. The second-order valence-electron chi connectivity index (χ2n) is 6.92. The van der Waals surface area contributed by atoms with E-state index < -0.39 is 0 Å². The largest absolute Gasteiger partial charge is 0.461 e. The zero-order valence-corrected chi connectivity index (χ0v) is 16.8. The molecule has 1 amide bonds. The number of anilines is 1. The van der Waals surface area contributed by atoms with Crippen LogP contribution in [0.3, 0.4) is 0 Å². The van der Waals surface area contributed by atoms with Crippen molar-refractivity contribution in [2.24, 2.45) is 0 Å². The highest BCUT2D eigenvalue weighted by Gasteiger charge is 2.09. The molecule has 1 N–H and O–H groups in total. The minimum Gasteiger partial charge on any atom is -0.461 e. The fraction of sp³-hybridized carbons (Fsp3) is 0.200. The van der Waals surface area contributed by atoms with Crippen molar-refractivity contribution >= 4 is 17.6 Å². The van der Waals surface area contributed by atoms with Gasteiger partial charge in [0.25, 0.3) is 0 Å². The third-order valence-corrected chi connectivity index (χ3v) is 4.65.